The van der Waals surface area contributed by atoms with Crippen LogP contribution in [0, 0.1) is 11.8 Å². The first-order valence-corrected chi connectivity index (χ1v) is 11.4. The summed E-state index contributed by atoms with van der Waals surface area (Å²) in [5.74, 6) is -1.52. The minimum Gasteiger partial charge on any atom is -0.458 e. The zero-order chi connectivity index (χ0) is 21.9. The number of hydrogen-bond acceptors (Lipinski definition) is 7. The Balaban J connectivity index is 1.50. The molecular formula is C24H32O7. The Morgan fingerprint density at radius 2 is 1.35 bits per heavy atom. The summed E-state index contributed by atoms with van der Waals surface area (Å²) in [4.78, 5) is 47.0. The molecule has 0 amide bonds. The molecule has 1 aromatic carbocycles. The van der Waals surface area contributed by atoms with Crippen molar-refractivity contribution in [1.82, 2.24) is 0 Å². The summed E-state index contributed by atoms with van der Waals surface area (Å²) < 4.78 is 10.9. The van der Waals surface area contributed by atoms with Crippen molar-refractivity contribution >= 4 is 17.9 Å². The van der Waals surface area contributed by atoms with Gasteiger partial charge in [-0.1, -0.05) is 56.7 Å². The van der Waals surface area contributed by atoms with E-state index in [0.717, 1.165) is 64.2 Å². The Hall–Kier alpha value is -2.41. The number of ether oxygens (including phenoxy) is 2. The molecule has 2 saturated carbocycles. The third-order valence-corrected chi connectivity index (χ3v) is 5.96. The third kappa shape index (κ3) is 7.65. The molecule has 1 unspecified atom stereocenters. The maximum absolute atomic E-state index is 12.5. The first-order valence-electron chi connectivity index (χ1n) is 11.4. The van der Waals surface area contributed by atoms with Crippen molar-refractivity contribution in [3.8, 4) is 0 Å². The topological polar surface area (TPSA) is 88.1 Å². The van der Waals surface area contributed by atoms with Gasteiger partial charge in [0.25, 0.3) is 0 Å². The summed E-state index contributed by atoms with van der Waals surface area (Å²) in [5.41, 5.74) is 0.407. The van der Waals surface area contributed by atoms with E-state index in [1.165, 1.54) is 0 Å². The average molecular weight is 433 g/mol. The van der Waals surface area contributed by atoms with Gasteiger partial charge in [-0.25, -0.2) is 9.59 Å². The van der Waals surface area contributed by atoms with Crippen LogP contribution in [0.15, 0.2) is 30.3 Å². The zero-order valence-corrected chi connectivity index (χ0v) is 18.0. The van der Waals surface area contributed by atoms with Crippen molar-refractivity contribution in [3.05, 3.63) is 35.9 Å². The standard InChI is InChI=1S/C24H32O7/c25-22(18-10-4-1-5-11-18)28-16-21(30-23(26)19-12-6-2-7-13-19)17-29-31-24(27)20-14-8-3-9-15-20/h1,4-5,10-11,19-21H,2-3,6-9,12-17H2. The van der Waals surface area contributed by atoms with Crippen LogP contribution in [0.2, 0.25) is 0 Å². The third-order valence-electron chi connectivity index (χ3n) is 5.96. The average Bonchev–Trinajstić information content (AvgIpc) is 2.83. The smallest absolute Gasteiger partial charge is 0.345 e. The number of hydrogen-bond donors (Lipinski definition) is 0. The maximum Gasteiger partial charge on any atom is 0.345 e. The molecule has 1 atom stereocenters. The lowest BCUT2D eigenvalue weighted by Gasteiger charge is -2.24. The Morgan fingerprint density at radius 1 is 0.774 bits per heavy atom. The SMILES string of the molecule is O=C(OCC(COOC(=O)C1CCCCC1)OC(=O)C1CCCCC1)c1ccccc1. The van der Waals surface area contributed by atoms with Gasteiger partial charge in [-0.05, 0) is 37.8 Å². The van der Waals surface area contributed by atoms with Crippen LogP contribution in [-0.2, 0) is 28.8 Å². The molecule has 2 aliphatic rings. The van der Waals surface area contributed by atoms with Gasteiger partial charge in [-0.3, -0.25) is 9.68 Å². The fourth-order valence-electron chi connectivity index (χ4n) is 4.12. The highest BCUT2D eigenvalue weighted by atomic mass is 17.2. The molecule has 0 N–H and O–H groups in total. The van der Waals surface area contributed by atoms with Crippen LogP contribution in [0.25, 0.3) is 0 Å². The minimum atomic E-state index is -0.846. The van der Waals surface area contributed by atoms with Gasteiger partial charge in [0.05, 0.1) is 17.4 Å². The summed E-state index contributed by atoms with van der Waals surface area (Å²) in [7, 11) is 0. The summed E-state index contributed by atoms with van der Waals surface area (Å²) in [5, 5.41) is 0. The highest BCUT2D eigenvalue weighted by Gasteiger charge is 2.28. The van der Waals surface area contributed by atoms with E-state index in [-0.39, 0.29) is 31.0 Å². The highest BCUT2D eigenvalue weighted by Crippen LogP contribution is 2.26. The van der Waals surface area contributed by atoms with E-state index < -0.39 is 18.0 Å². The first kappa shape index (κ1) is 23.3. The molecule has 0 bridgehead atoms. The number of rotatable bonds is 9. The zero-order valence-electron chi connectivity index (χ0n) is 18.0. The van der Waals surface area contributed by atoms with Crippen LogP contribution in [0.4, 0.5) is 0 Å². The molecule has 0 spiro atoms. The summed E-state index contributed by atoms with van der Waals surface area (Å²) in [6.45, 7) is -0.355. The van der Waals surface area contributed by atoms with Gasteiger partial charge in [0.1, 0.15) is 13.2 Å². The molecule has 170 valence electrons. The Kier molecular flexibility index (Phi) is 9.34. The van der Waals surface area contributed by atoms with Crippen molar-refractivity contribution in [2.75, 3.05) is 13.2 Å². The molecule has 0 aliphatic heterocycles. The molecule has 0 radical (unpaired) electrons. The van der Waals surface area contributed by atoms with Gasteiger partial charge < -0.3 is 9.47 Å². The van der Waals surface area contributed by atoms with Gasteiger partial charge in [0.2, 0.25) is 0 Å². The molecule has 0 aromatic heterocycles. The molecular weight excluding hydrogens is 400 g/mol. The summed E-state index contributed by atoms with van der Waals surface area (Å²) >= 11 is 0. The molecule has 2 fully saturated rings. The number of carbonyl (C=O) groups is 3. The fraction of sp³-hybridized carbons (Fsp3) is 0.625. The second-order valence-electron chi connectivity index (χ2n) is 8.38. The minimum absolute atomic E-state index is 0.145. The second-order valence-corrected chi connectivity index (χ2v) is 8.38. The van der Waals surface area contributed by atoms with Gasteiger partial charge in [-0.2, -0.15) is 4.89 Å². The van der Waals surface area contributed by atoms with Gasteiger partial charge in [0.15, 0.2) is 6.10 Å². The molecule has 7 heteroatoms. The summed E-state index contributed by atoms with van der Waals surface area (Å²) in [6.07, 6.45) is 8.65. The molecule has 0 saturated heterocycles. The van der Waals surface area contributed by atoms with E-state index in [9.17, 15) is 14.4 Å². The highest BCUT2D eigenvalue weighted by molar-refractivity contribution is 5.89. The second kappa shape index (κ2) is 12.4. The Labute approximate surface area is 183 Å². The maximum atomic E-state index is 12.5. The van der Waals surface area contributed by atoms with Crippen LogP contribution in [0.5, 0.6) is 0 Å². The normalized spacial score (nSPS) is 18.7. The fourth-order valence-corrected chi connectivity index (χ4v) is 4.12. The number of esters is 2. The van der Waals surface area contributed by atoms with E-state index in [1.54, 1.807) is 30.3 Å². The van der Waals surface area contributed by atoms with Crippen LogP contribution >= 0.6 is 0 Å². The molecule has 0 heterocycles. The molecule has 1 aromatic rings. The predicted octanol–water partition coefficient (Wildman–Crippen LogP) is 4.39. The van der Waals surface area contributed by atoms with E-state index in [0.29, 0.717) is 5.56 Å². The Bertz CT molecular complexity index is 706. The van der Waals surface area contributed by atoms with E-state index in [4.69, 9.17) is 19.2 Å². The van der Waals surface area contributed by atoms with Crippen LogP contribution in [0.1, 0.15) is 74.6 Å². The largest absolute Gasteiger partial charge is 0.458 e. The Morgan fingerprint density at radius 3 is 1.97 bits per heavy atom. The van der Waals surface area contributed by atoms with Gasteiger partial charge in [0, 0.05) is 0 Å². The lowest BCUT2D eigenvalue weighted by atomic mass is 9.89. The molecule has 2 aliphatic carbocycles. The van der Waals surface area contributed by atoms with E-state index in [2.05, 4.69) is 0 Å². The monoisotopic (exact) mass is 432 g/mol. The first-order chi connectivity index (χ1) is 15.1. The van der Waals surface area contributed by atoms with Crippen LogP contribution in [0.3, 0.4) is 0 Å². The molecule has 7 nitrogen and oxygen atoms in total. The van der Waals surface area contributed by atoms with Crippen molar-refractivity contribution in [3.63, 3.8) is 0 Å². The lowest BCUT2D eigenvalue weighted by molar-refractivity contribution is -0.288. The number of carbonyl (C=O) groups excluding carboxylic acids is 3. The van der Waals surface area contributed by atoms with Crippen molar-refractivity contribution in [2.45, 2.75) is 70.3 Å². The van der Waals surface area contributed by atoms with Crippen LogP contribution in [-0.4, -0.2) is 37.2 Å². The van der Waals surface area contributed by atoms with E-state index in [1.807, 2.05) is 0 Å². The van der Waals surface area contributed by atoms with E-state index >= 15 is 0 Å². The predicted molar refractivity (Wildman–Crippen MR) is 112 cm³/mol. The van der Waals surface area contributed by atoms with Crippen molar-refractivity contribution in [2.24, 2.45) is 11.8 Å². The van der Waals surface area contributed by atoms with Crippen LogP contribution < -0.4 is 0 Å². The van der Waals surface area contributed by atoms with Gasteiger partial charge >= 0.3 is 17.9 Å². The van der Waals surface area contributed by atoms with Crippen molar-refractivity contribution in [1.29, 1.82) is 0 Å². The lowest BCUT2D eigenvalue weighted by Crippen LogP contribution is -2.33. The molecule has 3 rings (SSSR count). The quantitative estimate of drug-likeness (QED) is 0.325. The van der Waals surface area contributed by atoms with Gasteiger partial charge in [-0.15, -0.1) is 0 Å². The van der Waals surface area contributed by atoms with Crippen molar-refractivity contribution < 1.29 is 33.6 Å². The molecule has 31 heavy (non-hydrogen) atoms. The summed E-state index contributed by atoms with van der Waals surface area (Å²) in [6, 6.07) is 8.58. The number of benzene rings is 1.